The third-order valence-corrected chi connectivity index (χ3v) is 6.59. The summed E-state index contributed by atoms with van der Waals surface area (Å²) < 4.78 is 0. The molecule has 0 bridgehead atoms. The molecule has 0 aromatic heterocycles. The minimum atomic E-state index is 0.0172. The van der Waals surface area contributed by atoms with Crippen LogP contribution in [0.3, 0.4) is 0 Å². The van der Waals surface area contributed by atoms with Crippen LogP contribution >= 0.6 is 0 Å². The normalized spacial score (nSPS) is 39.1. The van der Waals surface area contributed by atoms with Crippen LogP contribution in [0.1, 0.15) is 61.6 Å². The van der Waals surface area contributed by atoms with Crippen LogP contribution in [0.4, 0.5) is 0 Å². The fraction of sp³-hybridized carbons (Fsp3) is 0.632. The van der Waals surface area contributed by atoms with Crippen LogP contribution in [0.25, 0.3) is 0 Å². The van der Waals surface area contributed by atoms with Crippen molar-refractivity contribution in [1.29, 1.82) is 0 Å². The van der Waals surface area contributed by atoms with E-state index in [-0.39, 0.29) is 5.41 Å². The van der Waals surface area contributed by atoms with Crippen LogP contribution in [0, 0.1) is 24.2 Å². The molecule has 0 radical (unpaired) electrons. The van der Waals surface area contributed by atoms with Crippen molar-refractivity contribution in [2.24, 2.45) is 17.3 Å². The van der Waals surface area contributed by atoms with Crippen molar-refractivity contribution in [2.45, 2.75) is 58.3 Å². The molecule has 4 rings (SSSR count). The second-order valence-corrected chi connectivity index (χ2v) is 7.54. The van der Waals surface area contributed by atoms with Gasteiger partial charge < -0.3 is 0 Å². The zero-order chi connectivity index (χ0) is 13.9. The molecule has 1 aromatic carbocycles. The lowest BCUT2D eigenvalue weighted by Crippen LogP contribution is -2.42. The first-order valence-electron chi connectivity index (χ1n) is 8.22. The van der Waals surface area contributed by atoms with Gasteiger partial charge in [-0.25, -0.2) is 0 Å². The molecule has 2 fully saturated rings. The third kappa shape index (κ3) is 1.58. The fourth-order valence-corrected chi connectivity index (χ4v) is 5.48. The second-order valence-electron chi connectivity index (χ2n) is 7.54. The van der Waals surface area contributed by atoms with Gasteiger partial charge in [0.2, 0.25) is 0 Å². The molecule has 3 aliphatic carbocycles. The van der Waals surface area contributed by atoms with Gasteiger partial charge in [0.1, 0.15) is 5.78 Å². The highest BCUT2D eigenvalue weighted by molar-refractivity contribution is 5.87. The molecule has 3 unspecified atom stereocenters. The van der Waals surface area contributed by atoms with Gasteiger partial charge in [-0.05, 0) is 67.9 Å². The first-order chi connectivity index (χ1) is 9.59. The smallest absolute Gasteiger partial charge is 0.139 e. The quantitative estimate of drug-likeness (QED) is 0.680. The van der Waals surface area contributed by atoms with Gasteiger partial charge in [0.05, 0.1) is 0 Å². The molecule has 106 valence electrons. The first kappa shape index (κ1) is 12.6. The maximum atomic E-state index is 12.3. The van der Waals surface area contributed by atoms with Crippen LogP contribution < -0.4 is 0 Å². The van der Waals surface area contributed by atoms with Crippen molar-refractivity contribution in [3.8, 4) is 0 Å². The van der Waals surface area contributed by atoms with Crippen molar-refractivity contribution in [3.05, 3.63) is 34.9 Å². The minimum absolute atomic E-state index is 0.0172. The lowest BCUT2D eigenvalue weighted by atomic mass is 9.55. The Labute approximate surface area is 121 Å². The molecule has 1 heteroatoms. The summed E-state index contributed by atoms with van der Waals surface area (Å²) in [7, 11) is 0. The Hall–Kier alpha value is -1.11. The van der Waals surface area contributed by atoms with Crippen molar-refractivity contribution in [1.82, 2.24) is 0 Å². The monoisotopic (exact) mass is 268 g/mol. The fourth-order valence-electron chi connectivity index (χ4n) is 5.48. The summed E-state index contributed by atoms with van der Waals surface area (Å²) in [6.07, 6.45) is 6.85. The van der Waals surface area contributed by atoms with Crippen molar-refractivity contribution >= 4 is 5.78 Å². The van der Waals surface area contributed by atoms with Gasteiger partial charge in [0.15, 0.2) is 0 Å². The van der Waals surface area contributed by atoms with Gasteiger partial charge in [0, 0.05) is 11.8 Å². The van der Waals surface area contributed by atoms with Gasteiger partial charge >= 0.3 is 0 Å². The number of hydrogen-bond donors (Lipinski definition) is 0. The Bertz CT molecular complexity index is 573. The summed E-state index contributed by atoms with van der Waals surface area (Å²) in [4.78, 5) is 12.3. The van der Waals surface area contributed by atoms with Gasteiger partial charge in [-0.15, -0.1) is 0 Å². The molecule has 0 saturated heterocycles. The molecule has 3 aliphatic rings. The number of fused-ring (bicyclic) bond motifs is 5. The highest BCUT2D eigenvalue weighted by atomic mass is 16.1. The standard InChI is InChI=1S/C19H24O/c1-12-3-5-14-13(11-12)4-6-16-15(14)9-10-19(2)17(16)7-8-18(19)20/h3,5,11,15-17H,4,6-10H2,1-2H3/t15?,16?,17?,19-/m0/s1. The van der Waals surface area contributed by atoms with Crippen LogP contribution in [0.5, 0.6) is 0 Å². The molecule has 1 aromatic rings. The lowest BCUT2D eigenvalue weighted by Gasteiger charge is -2.48. The molecule has 0 heterocycles. The largest absolute Gasteiger partial charge is 0.299 e. The molecular weight excluding hydrogens is 244 g/mol. The topological polar surface area (TPSA) is 17.1 Å². The number of hydrogen-bond acceptors (Lipinski definition) is 1. The summed E-state index contributed by atoms with van der Waals surface area (Å²) >= 11 is 0. The predicted octanol–water partition coefficient (Wildman–Crippen LogP) is 4.42. The molecule has 0 amide bonds. The highest BCUT2D eigenvalue weighted by Crippen LogP contribution is 2.59. The SMILES string of the molecule is Cc1ccc2c(c1)CCC1C2CC[C@]2(C)C(=O)CCC12. The minimum Gasteiger partial charge on any atom is -0.299 e. The molecular formula is C19H24O. The summed E-state index contributed by atoms with van der Waals surface area (Å²) in [5.74, 6) is 2.69. The highest BCUT2D eigenvalue weighted by Gasteiger charge is 2.54. The van der Waals surface area contributed by atoms with Crippen LogP contribution in [0.15, 0.2) is 18.2 Å². The molecule has 4 atom stereocenters. The Kier molecular flexibility index (Phi) is 2.64. The van der Waals surface area contributed by atoms with Crippen LogP contribution in [-0.4, -0.2) is 5.78 Å². The van der Waals surface area contributed by atoms with Gasteiger partial charge in [-0.1, -0.05) is 30.7 Å². The number of benzene rings is 1. The molecule has 0 N–H and O–H groups in total. The predicted molar refractivity (Wildman–Crippen MR) is 80.8 cm³/mol. The van der Waals surface area contributed by atoms with E-state index in [2.05, 4.69) is 32.0 Å². The maximum absolute atomic E-state index is 12.3. The molecule has 20 heavy (non-hydrogen) atoms. The number of carbonyl (C=O) groups is 1. The first-order valence-corrected chi connectivity index (χ1v) is 8.22. The molecule has 2 saturated carbocycles. The van der Waals surface area contributed by atoms with E-state index >= 15 is 0 Å². The Morgan fingerprint density at radius 1 is 1.15 bits per heavy atom. The molecule has 0 spiro atoms. The third-order valence-electron chi connectivity index (χ3n) is 6.59. The van der Waals surface area contributed by atoms with Gasteiger partial charge in [-0.2, -0.15) is 0 Å². The molecule has 1 nitrogen and oxygen atoms in total. The Balaban J connectivity index is 1.73. The van der Waals surface area contributed by atoms with Gasteiger partial charge in [0.25, 0.3) is 0 Å². The average Bonchev–Trinajstić information content (AvgIpc) is 2.74. The van der Waals surface area contributed by atoms with E-state index in [4.69, 9.17) is 0 Å². The summed E-state index contributed by atoms with van der Waals surface area (Å²) in [5, 5.41) is 0. The van der Waals surface area contributed by atoms with Crippen molar-refractivity contribution in [2.75, 3.05) is 0 Å². The molecule has 0 aliphatic heterocycles. The van der Waals surface area contributed by atoms with E-state index < -0.39 is 0 Å². The second kappa shape index (κ2) is 4.19. The van der Waals surface area contributed by atoms with E-state index in [9.17, 15) is 4.79 Å². The Morgan fingerprint density at radius 2 is 2.00 bits per heavy atom. The number of aryl methyl sites for hydroxylation is 2. The number of rotatable bonds is 0. The van der Waals surface area contributed by atoms with E-state index in [0.29, 0.717) is 11.7 Å². The number of ketones is 1. The van der Waals surface area contributed by atoms with Crippen molar-refractivity contribution < 1.29 is 4.79 Å². The summed E-state index contributed by atoms with van der Waals surface area (Å²) in [6.45, 7) is 4.45. The van der Waals surface area contributed by atoms with E-state index in [0.717, 1.165) is 31.1 Å². The number of Topliss-reactive ketones (excluding diaryl/α,β-unsaturated/α-hetero) is 1. The number of carbonyl (C=O) groups excluding carboxylic acids is 1. The zero-order valence-corrected chi connectivity index (χ0v) is 12.6. The van der Waals surface area contributed by atoms with Crippen molar-refractivity contribution in [3.63, 3.8) is 0 Å². The van der Waals surface area contributed by atoms with E-state index in [1.807, 2.05) is 0 Å². The zero-order valence-electron chi connectivity index (χ0n) is 12.6. The van der Waals surface area contributed by atoms with E-state index in [1.165, 1.54) is 24.8 Å². The van der Waals surface area contributed by atoms with Crippen LogP contribution in [-0.2, 0) is 11.2 Å². The summed E-state index contributed by atoms with van der Waals surface area (Å²) in [5.41, 5.74) is 4.59. The average molecular weight is 268 g/mol. The maximum Gasteiger partial charge on any atom is 0.139 e. The van der Waals surface area contributed by atoms with E-state index in [1.54, 1.807) is 11.1 Å². The summed E-state index contributed by atoms with van der Waals surface area (Å²) in [6, 6.07) is 7.04. The van der Waals surface area contributed by atoms with Crippen LogP contribution in [0.2, 0.25) is 0 Å². The Morgan fingerprint density at radius 3 is 2.85 bits per heavy atom. The van der Waals surface area contributed by atoms with Gasteiger partial charge in [-0.3, -0.25) is 4.79 Å². The lowest BCUT2D eigenvalue weighted by molar-refractivity contribution is -0.129.